The molecule has 0 radical (unpaired) electrons. The van der Waals surface area contributed by atoms with E-state index in [-0.39, 0.29) is 11.6 Å². The number of rotatable bonds is 2. The van der Waals surface area contributed by atoms with E-state index in [2.05, 4.69) is 10.2 Å². The van der Waals surface area contributed by atoms with Crippen molar-refractivity contribution in [3.63, 3.8) is 0 Å². The van der Waals surface area contributed by atoms with Gasteiger partial charge in [-0.3, -0.25) is 5.10 Å². The zero-order chi connectivity index (χ0) is 12.8. The molecule has 0 amide bonds. The van der Waals surface area contributed by atoms with Crippen LogP contribution in [0.4, 0.5) is 0 Å². The molecule has 1 aliphatic heterocycles. The average Bonchev–Trinajstić information content (AvgIpc) is 2.70. The number of nitrogens with zero attached hydrogens (tertiary/aromatic N) is 2. The molecular weight excluding hydrogens is 242 g/mol. The van der Waals surface area contributed by atoms with Crippen molar-refractivity contribution in [1.82, 2.24) is 14.5 Å². The molecule has 17 heavy (non-hydrogen) atoms. The summed E-state index contributed by atoms with van der Waals surface area (Å²) in [5.41, 5.74) is 0.532. The molecule has 0 unspecified atom stereocenters. The van der Waals surface area contributed by atoms with Crippen LogP contribution in [0.2, 0.25) is 0 Å². The van der Waals surface area contributed by atoms with Gasteiger partial charge in [0.1, 0.15) is 11.6 Å². The summed E-state index contributed by atoms with van der Waals surface area (Å²) in [6.07, 6.45) is 0. The monoisotopic (exact) mass is 259 g/mol. The van der Waals surface area contributed by atoms with Crippen LogP contribution in [0.5, 0.6) is 0 Å². The predicted octanol–water partition coefficient (Wildman–Crippen LogP) is 0.784. The molecule has 0 aliphatic carbocycles. The number of aryl methyl sites for hydroxylation is 2. The highest BCUT2D eigenvalue weighted by atomic mass is 32.2. The van der Waals surface area contributed by atoms with Crippen molar-refractivity contribution in [3.05, 3.63) is 11.4 Å². The average molecular weight is 259 g/mol. The van der Waals surface area contributed by atoms with Crippen LogP contribution in [-0.2, 0) is 14.8 Å². The van der Waals surface area contributed by atoms with E-state index in [9.17, 15) is 8.42 Å². The smallest absolute Gasteiger partial charge is 0.249 e. The van der Waals surface area contributed by atoms with Crippen LogP contribution < -0.4 is 0 Å². The highest BCUT2D eigenvalue weighted by molar-refractivity contribution is 7.89. The van der Waals surface area contributed by atoms with E-state index in [4.69, 9.17) is 4.74 Å². The van der Waals surface area contributed by atoms with E-state index in [1.54, 1.807) is 13.8 Å². The second kappa shape index (κ2) is 3.79. The predicted molar refractivity (Wildman–Crippen MR) is 62.0 cm³/mol. The van der Waals surface area contributed by atoms with Crippen LogP contribution in [0.15, 0.2) is 4.90 Å². The molecule has 0 saturated carbocycles. The van der Waals surface area contributed by atoms with Crippen molar-refractivity contribution in [3.8, 4) is 0 Å². The molecule has 1 saturated heterocycles. The second-order valence-corrected chi connectivity index (χ2v) is 6.71. The molecule has 0 atom stereocenters. The summed E-state index contributed by atoms with van der Waals surface area (Å²) >= 11 is 0. The quantitative estimate of drug-likeness (QED) is 0.851. The summed E-state index contributed by atoms with van der Waals surface area (Å²) in [5, 5.41) is 6.63. The first-order valence-electron chi connectivity index (χ1n) is 5.39. The minimum absolute atomic E-state index is 0.0966. The summed E-state index contributed by atoms with van der Waals surface area (Å²) in [6.45, 7) is 7.59. The lowest BCUT2D eigenvalue weighted by Crippen LogP contribution is -2.44. The van der Waals surface area contributed by atoms with Gasteiger partial charge < -0.3 is 4.74 Å². The van der Waals surface area contributed by atoms with E-state index < -0.39 is 15.6 Å². The van der Waals surface area contributed by atoms with Crippen LogP contribution in [0.3, 0.4) is 0 Å². The molecule has 1 N–H and O–H groups in total. The van der Waals surface area contributed by atoms with Crippen molar-refractivity contribution in [2.24, 2.45) is 0 Å². The Kier molecular flexibility index (Phi) is 2.80. The van der Waals surface area contributed by atoms with E-state index in [0.717, 1.165) is 0 Å². The molecule has 1 fully saturated rings. The number of nitrogens with one attached hydrogen (secondary N) is 1. The fourth-order valence-electron chi connectivity index (χ4n) is 2.05. The molecular formula is C10H17N3O3S. The lowest BCUT2D eigenvalue weighted by atomic mass is 10.1. The summed E-state index contributed by atoms with van der Waals surface area (Å²) in [6, 6.07) is 0. The molecule has 1 aromatic rings. The number of aromatic nitrogens is 2. The van der Waals surface area contributed by atoms with Gasteiger partial charge in [0.05, 0.1) is 23.5 Å². The largest absolute Gasteiger partial charge is 0.363 e. The highest BCUT2D eigenvalue weighted by Crippen LogP contribution is 2.31. The van der Waals surface area contributed by atoms with Crippen molar-refractivity contribution < 1.29 is 13.2 Å². The fourth-order valence-corrected chi connectivity index (χ4v) is 4.04. The molecule has 6 nitrogen and oxygen atoms in total. The molecule has 2 heterocycles. The van der Waals surface area contributed by atoms with Gasteiger partial charge in [0, 0.05) is 0 Å². The maximum absolute atomic E-state index is 12.5. The Labute approximate surface area is 101 Å². The summed E-state index contributed by atoms with van der Waals surface area (Å²) < 4.78 is 31.7. The Hall–Kier alpha value is -0.920. The third-order valence-electron chi connectivity index (χ3n) is 2.95. The first-order valence-corrected chi connectivity index (χ1v) is 6.83. The SMILES string of the molecule is Cc1n[nH]c(C)c1S(=O)(=O)N1COCC1(C)C. The molecule has 0 bridgehead atoms. The minimum Gasteiger partial charge on any atom is -0.363 e. The highest BCUT2D eigenvalue weighted by Gasteiger charge is 2.43. The lowest BCUT2D eigenvalue weighted by Gasteiger charge is -2.28. The Morgan fingerprint density at radius 1 is 1.41 bits per heavy atom. The number of hydrogen-bond acceptors (Lipinski definition) is 4. The van der Waals surface area contributed by atoms with Gasteiger partial charge in [-0.05, 0) is 27.7 Å². The van der Waals surface area contributed by atoms with Crippen molar-refractivity contribution >= 4 is 10.0 Å². The zero-order valence-electron chi connectivity index (χ0n) is 10.4. The zero-order valence-corrected chi connectivity index (χ0v) is 11.3. The van der Waals surface area contributed by atoms with Crippen molar-refractivity contribution in [2.75, 3.05) is 13.3 Å². The van der Waals surface area contributed by atoms with Crippen LogP contribution in [0, 0.1) is 13.8 Å². The number of hydrogen-bond donors (Lipinski definition) is 1. The van der Waals surface area contributed by atoms with E-state index in [0.29, 0.717) is 18.0 Å². The van der Waals surface area contributed by atoms with Crippen LogP contribution in [0.25, 0.3) is 0 Å². The van der Waals surface area contributed by atoms with Gasteiger partial charge >= 0.3 is 0 Å². The van der Waals surface area contributed by atoms with Gasteiger partial charge in [-0.15, -0.1) is 0 Å². The van der Waals surface area contributed by atoms with Crippen molar-refractivity contribution in [2.45, 2.75) is 38.1 Å². The first-order chi connectivity index (χ1) is 7.77. The molecule has 2 rings (SSSR count). The molecule has 0 spiro atoms. The van der Waals surface area contributed by atoms with Gasteiger partial charge in [0.2, 0.25) is 10.0 Å². The van der Waals surface area contributed by atoms with E-state index in [1.165, 1.54) is 4.31 Å². The first kappa shape index (κ1) is 12.5. The number of sulfonamides is 1. The standard InChI is InChI=1S/C10H17N3O3S/c1-7-9(8(2)12-11-7)17(14,15)13-6-16-5-10(13,3)4/h5-6H2,1-4H3,(H,11,12). The maximum Gasteiger partial charge on any atom is 0.249 e. The Morgan fingerprint density at radius 2 is 2.06 bits per heavy atom. The molecule has 7 heteroatoms. The van der Waals surface area contributed by atoms with Gasteiger partial charge in [-0.1, -0.05) is 0 Å². The minimum atomic E-state index is -3.55. The molecule has 0 aromatic carbocycles. The van der Waals surface area contributed by atoms with Gasteiger partial charge in [-0.2, -0.15) is 9.40 Å². The third kappa shape index (κ3) is 1.88. The van der Waals surface area contributed by atoms with Crippen LogP contribution in [-0.4, -0.2) is 41.8 Å². The topological polar surface area (TPSA) is 75.3 Å². The van der Waals surface area contributed by atoms with Gasteiger partial charge in [0.15, 0.2) is 0 Å². The number of ether oxygens (including phenoxy) is 1. The normalized spacial score (nSPS) is 20.9. The van der Waals surface area contributed by atoms with E-state index in [1.807, 2.05) is 13.8 Å². The molecule has 1 aliphatic rings. The molecule has 1 aromatic heterocycles. The Bertz CT molecular complexity index is 513. The van der Waals surface area contributed by atoms with Crippen molar-refractivity contribution in [1.29, 1.82) is 0 Å². The Morgan fingerprint density at radius 3 is 2.47 bits per heavy atom. The fraction of sp³-hybridized carbons (Fsp3) is 0.700. The Balaban J connectivity index is 2.51. The lowest BCUT2D eigenvalue weighted by molar-refractivity contribution is 0.171. The van der Waals surface area contributed by atoms with Crippen LogP contribution >= 0.6 is 0 Å². The summed E-state index contributed by atoms with van der Waals surface area (Å²) in [5.74, 6) is 0. The summed E-state index contributed by atoms with van der Waals surface area (Å²) in [4.78, 5) is 0.260. The maximum atomic E-state index is 12.5. The third-order valence-corrected chi connectivity index (χ3v) is 5.25. The van der Waals surface area contributed by atoms with Gasteiger partial charge in [-0.25, -0.2) is 8.42 Å². The summed E-state index contributed by atoms with van der Waals surface area (Å²) in [7, 11) is -3.55. The number of aromatic amines is 1. The second-order valence-electron chi connectivity index (χ2n) is 4.91. The van der Waals surface area contributed by atoms with Crippen LogP contribution in [0.1, 0.15) is 25.2 Å². The van der Waals surface area contributed by atoms with Gasteiger partial charge in [0.25, 0.3) is 0 Å². The number of H-pyrrole nitrogens is 1. The molecule has 96 valence electrons. The van der Waals surface area contributed by atoms with E-state index >= 15 is 0 Å².